The van der Waals surface area contributed by atoms with Gasteiger partial charge in [-0.1, -0.05) is 29.8 Å². The van der Waals surface area contributed by atoms with Crippen LogP contribution in [0.5, 0.6) is 5.75 Å². The molecule has 0 bridgehead atoms. The Hall–Kier alpha value is -3.41. The molecule has 0 radical (unpaired) electrons. The molecule has 3 aromatic rings. The number of halogens is 1. The summed E-state index contributed by atoms with van der Waals surface area (Å²) in [5.41, 5.74) is 2.46. The number of nitrogens with zero attached hydrogens (tertiary/aromatic N) is 1. The molecule has 2 N–H and O–H groups in total. The molecule has 0 unspecified atom stereocenters. The van der Waals surface area contributed by atoms with Gasteiger partial charge in [-0.05, 0) is 48.9 Å². The standard InChI is InChI=1S/C20H18FN3O2/c1-14-7-9-17(10-8-14)23-20(25)24-19-18(6-3-11-22-19)26-13-15-4-2-5-16(21)12-15/h2-12H,13H2,1H3,(H2,22,23,24,25). The lowest BCUT2D eigenvalue weighted by atomic mass is 10.2. The van der Waals surface area contributed by atoms with Crippen molar-refractivity contribution in [2.24, 2.45) is 0 Å². The third-order valence-electron chi connectivity index (χ3n) is 3.60. The molecule has 0 aliphatic heterocycles. The Balaban J connectivity index is 1.64. The topological polar surface area (TPSA) is 63.2 Å². The van der Waals surface area contributed by atoms with Crippen LogP contribution in [0.3, 0.4) is 0 Å². The van der Waals surface area contributed by atoms with Crippen LogP contribution in [0.4, 0.5) is 20.7 Å². The molecule has 3 rings (SSSR count). The van der Waals surface area contributed by atoms with Crippen molar-refractivity contribution in [2.45, 2.75) is 13.5 Å². The Kier molecular flexibility index (Phi) is 5.43. The highest BCUT2D eigenvalue weighted by Gasteiger charge is 2.09. The first-order valence-corrected chi connectivity index (χ1v) is 8.07. The summed E-state index contributed by atoms with van der Waals surface area (Å²) in [5, 5.41) is 5.39. The molecule has 6 heteroatoms. The highest BCUT2D eigenvalue weighted by molar-refractivity contribution is 5.99. The molecular weight excluding hydrogens is 333 g/mol. The molecule has 132 valence electrons. The Labute approximate surface area is 150 Å². The monoisotopic (exact) mass is 351 g/mol. The van der Waals surface area contributed by atoms with Gasteiger partial charge in [0.25, 0.3) is 0 Å². The second-order valence-corrected chi connectivity index (χ2v) is 5.71. The highest BCUT2D eigenvalue weighted by atomic mass is 19.1. The van der Waals surface area contributed by atoms with Crippen LogP contribution < -0.4 is 15.4 Å². The van der Waals surface area contributed by atoms with E-state index in [2.05, 4.69) is 15.6 Å². The van der Waals surface area contributed by atoms with E-state index in [1.54, 1.807) is 30.5 Å². The quantitative estimate of drug-likeness (QED) is 0.697. The van der Waals surface area contributed by atoms with Crippen LogP contribution in [0.25, 0.3) is 0 Å². The summed E-state index contributed by atoms with van der Waals surface area (Å²) in [5.74, 6) is 0.359. The van der Waals surface area contributed by atoms with Crippen molar-refractivity contribution < 1.29 is 13.9 Å². The number of amides is 2. The van der Waals surface area contributed by atoms with E-state index >= 15 is 0 Å². The summed E-state index contributed by atoms with van der Waals surface area (Å²) in [6.45, 7) is 2.14. The molecule has 0 fully saturated rings. The fourth-order valence-electron chi connectivity index (χ4n) is 2.30. The van der Waals surface area contributed by atoms with Gasteiger partial charge in [-0.15, -0.1) is 0 Å². The van der Waals surface area contributed by atoms with E-state index in [1.165, 1.54) is 12.1 Å². The zero-order chi connectivity index (χ0) is 18.4. The lowest BCUT2D eigenvalue weighted by Crippen LogP contribution is -2.20. The van der Waals surface area contributed by atoms with Crippen molar-refractivity contribution in [1.82, 2.24) is 4.98 Å². The number of urea groups is 1. The fourth-order valence-corrected chi connectivity index (χ4v) is 2.30. The first-order valence-electron chi connectivity index (χ1n) is 8.07. The number of benzene rings is 2. The summed E-state index contributed by atoms with van der Waals surface area (Å²) in [6, 6.07) is 16.5. The van der Waals surface area contributed by atoms with Gasteiger partial charge in [-0.3, -0.25) is 5.32 Å². The van der Waals surface area contributed by atoms with Gasteiger partial charge in [-0.25, -0.2) is 14.2 Å². The molecule has 5 nitrogen and oxygen atoms in total. The summed E-state index contributed by atoms with van der Waals surface area (Å²) in [4.78, 5) is 16.3. The minimum absolute atomic E-state index is 0.164. The van der Waals surface area contributed by atoms with Crippen molar-refractivity contribution in [3.05, 3.63) is 83.8 Å². The Morgan fingerprint density at radius 2 is 1.88 bits per heavy atom. The number of aromatic nitrogens is 1. The molecule has 0 aliphatic carbocycles. The molecule has 0 aliphatic rings. The van der Waals surface area contributed by atoms with Crippen molar-refractivity contribution >= 4 is 17.5 Å². The van der Waals surface area contributed by atoms with Crippen LogP contribution in [0.1, 0.15) is 11.1 Å². The van der Waals surface area contributed by atoms with Crippen LogP contribution >= 0.6 is 0 Å². The zero-order valence-electron chi connectivity index (χ0n) is 14.2. The van der Waals surface area contributed by atoms with E-state index < -0.39 is 6.03 Å². The molecular formula is C20H18FN3O2. The average Bonchev–Trinajstić information content (AvgIpc) is 2.63. The van der Waals surface area contributed by atoms with Crippen LogP contribution in [-0.2, 0) is 6.61 Å². The van der Waals surface area contributed by atoms with Gasteiger partial charge >= 0.3 is 6.03 Å². The third-order valence-corrected chi connectivity index (χ3v) is 3.60. The van der Waals surface area contributed by atoms with E-state index in [4.69, 9.17) is 4.74 Å². The van der Waals surface area contributed by atoms with Gasteiger partial charge in [0.15, 0.2) is 11.6 Å². The molecule has 1 aromatic heterocycles. The Morgan fingerprint density at radius 3 is 2.65 bits per heavy atom. The van der Waals surface area contributed by atoms with Gasteiger partial charge in [0.2, 0.25) is 0 Å². The van der Waals surface area contributed by atoms with Gasteiger partial charge in [0, 0.05) is 11.9 Å². The average molecular weight is 351 g/mol. The molecule has 26 heavy (non-hydrogen) atoms. The number of anilines is 2. The summed E-state index contributed by atoms with van der Waals surface area (Å²) < 4.78 is 18.9. The maximum atomic E-state index is 13.2. The predicted octanol–water partition coefficient (Wildman–Crippen LogP) is 4.75. The number of ether oxygens (including phenoxy) is 1. The molecule has 0 saturated heterocycles. The first-order chi connectivity index (χ1) is 12.6. The maximum absolute atomic E-state index is 13.2. The summed E-state index contributed by atoms with van der Waals surface area (Å²) in [7, 11) is 0. The molecule has 0 atom stereocenters. The molecule has 2 aromatic carbocycles. The lowest BCUT2D eigenvalue weighted by molar-refractivity contribution is 0.261. The van der Waals surface area contributed by atoms with E-state index in [-0.39, 0.29) is 18.2 Å². The van der Waals surface area contributed by atoms with Crippen LogP contribution in [-0.4, -0.2) is 11.0 Å². The predicted molar refractivity (Wildman–Crippen MR) is 98.8 cm³/mol. The summed E-state index contributed by atoms with van der Waals surface area (Å²) in [6.07, 6.45) is 1.55. The number of carbonyl (C=O) groups excluding carboxylic acids is 1. The highest BCUT2D eigenvalue weighted by Crippen LogP contribution is 2.22. The van der Waals surface area contributed by atoms with E-state index in [0.29, 0.717) is 17.0 Å². The number of pyridine rings is 1. The number of aryl methyl sites for hydroxylation is 1. The van der Waals surface area contributed by atoms with E-state index in [1.807, 2.05) is 31.2 Å². The van der Waals surface area contributed by atoms with Crippen LogP contribution in [0.2, 0.25) is 0 Å². The number of hydrogen-bond donors (Lipinski definition) is 2. The number of nitrogens with one attached hydrogen (secondary N) is 2. The maximum Gasteiger partial charge on any atom is 0.324 e. The number of rotatable bonds is 5. The first kappa shape index (κ1) is 17.4. The van der Waals surface area contributed by atoms with Crippen LogP contribution in [0.15, 0.2) is 66.9 Å². The molecule has 0 spiro atoms. The molecule has 1 heterocycles. The van der Waals surface area contributed by atoms with Gasteiger partial charge in [0.1, 0.15) is 12.4 Å². The van der Waals surface area contributed by atoms with Crippen molar-refractivity contribution in [1.29, 1.82) is 0 Å². The normalized spacial score (nSPS) is 10.2. The van der Waals surface area contributed by atoms with Crippen molar-refractivity contribution in [3.8, 4) is 5.75 Å². The molecule has 0 saturated carbocycles. The smallest absolute Gasteiger partial charge is 0.324 e. The van der Waals surface area contributed by atoms with E-state index in [0.717, 1.165) is 5.56 Å². The van der Waals surface area contributed by atoms with Gasteiger partial charge in [-0.2, -0.15) is 0 Å². The number of hydrogen-bond acceptors (Lipinski definition) is 3. The van der Waals surface area contributed by atoms with Gasteiger partial charge < -0.3 is 10.1 Å². The third kappa shape index (κ3) is 4.80. The molecule has 2 amide bonds. The van der Waals surface area contributed by atoms with Gasteiger partial charge in [0.05, 0.1) is 0 Å². The Bertz CT molecular complexity index is 898. The second-order valence-electron chi connectivity index (χ2n) is 5.71. The fraction of sp³-hybridized carbons (Fsp3) is 0.100. The minimum Gasteiger partial charge on any atom is -0.485 e. The SMILES string of the molecule is Cc1ccc(NC(=O)Nc2ncccc2OCc2cccc(F)c2)cc1. The zero-order valence-corrected chi connectivity index (χ0v) is 14.2. The Morgan fingerprint density at radius 1 is 1.08 bits per heavy atom. The van der Waals surface area contributed by atoms with Crippen molar-refractivity contribution in [3.63, 3.8) is 0 Å². The lowest BCUT2D eigenvalue weighted by Gasteiger charge is -2.12. The largest absolute Gasteiger partial charge is 0.485 e. The second kappa shape index (κ2) is 8.11. The van der Waals surface area contributed by atoms with Crippen LogP contribution in [0, 0.1) is 12.7 Å². The summed E-state index contributed by atoms with van der Waals surface area (Å²) >= 11 is 0. The minimum atomic E-state index is -0.428. The van der Waals surface area contributed by atoms with E-state index in [9.17, 15) is 9.18 Å². The van der Waals surface area contributed by atoms with Crippen molar-refractivity contribution in [2.75, 3.05) is 10.6 Å². The number of carbonyl (C=O) groups is 1.